The molecule has 39 heavy (non-hydrogen) atoms. The Bertz CT molecular complexity index is 1450. The molecule has 0 spiro atoms. The van der Waals surface area contributed by atoms with Crippen LogP contribution in [0.4, 0.5) is 0 Å². The van der Waals surface area contributed by atoms with E-state index in [0.29, 0.717) is 36.8 Å². The predicted octanol–water partition coefficient (Wildman–Crippen LogP) is 4.93. The Labute approximate surface area is 226 Å². The number of aromatic nitrogens is 1. The monoisotopic (exact) mass is 530 g/mol. The summed E-state index contributed by atoms with van der Waals surface area (Å²) in [6.07, 6.45) is 0.791. The minimum Gasteiger partial charge on any atom is -0.508 e. The first-order valence-electron chi connectivity index (χ1n) is 12.5. The number of amides is 1. The van der Waals surface area contributed by atoms with E-state index >= 15 is 0 Å². The Kier molecular flexibility index (Phi) is 8.83. The molecular formula is C30H30N2O7. The van der Waals surface area contributed by atoms with E-state index < -0.39 is 11.9 Å². The first kappa shape index (κ1) is 27.3. The van der Waals surface area contributed by atoms with Gasteiger partial charge in [-0.3, -0.25) is 9.59 Å². The number of carbonyl (C=O) groups is 2. The number of carboxylic acids is 1. The molecule has 0 fully saturated rings. The summed E-state index contributed by atoms with van der Waals surface area (Å²) in [7, 11) is 1.44. The lowest BCUT2D eigenvalue weighted by molar-refractivity contribution is -0.136. The molecule has 9 heteroatoms. The van der Waals surface area contributed by atoms with Gasteiger partial charge in [0.1, 0.15) is 23.0 Å². The lowest BCUT2D eigenvalue weighted by atomic mass is 10.0. The van der Waals surface area contributed by atoms with Gasteiger partial charge in [-0.2, -0.15) is 0 Å². The van der Waals surface area contributed by atoms with Crippen molar-refractivity contribution >= 4 is 11.9 Å². The van der Waals surface area contributed by atoms with E-state index in [9.17, 15) is 14.7 Å². The molecule has 0 bridgehead atoms. The Balaban J connectivity index is 1.44. The average molecular weight is 531 g/mol. The van der Waals surface area contributed by atoms with E-state index in [-0.39, 0.29) is 24.3 Å². The van der Waals surface area contributed by atoms with Gasteiger partial charge in [0.25, 0.3) is 5.91 Å². The second kappa shape index (κ2) is 12.6. The van der Waals surface area contributed by atoms with E-state index in [1.54, 1.807) is 12.1 Å². The smallest absolute Gasteiger partial charge is 0.303 e. The topological polar surface area (TPSA) is 131 Å². The Morgan fingerprint density at radius 1 is 1.00 bits per heavy atom. The van der Waals surface area contributed by atoms with Gasteiger partial charge in [0, 0.05) is 24.9 Å². The van der Waals surface area contributed by atoms with Crippen LogP contribution in [-0.4, -0.2) is 40.8 Å². The van der Waals surface area contributed by atoms with Crippen molar-refractivity contribution in [2.45, 2.75) is 32.7 Å². The summed E-state index contributed by atoms with van der Waals surface area (Å²) in [5, 5.41) is 21.8. The Hall–Kier alpha value is -4.79. The van der Waals surface area contributed by atoms with Gasteiger partial charge in [0.05, 0.1) is 25.0 Å². The highest BCUT2D eigenvalue weighted by Crippen LogP contribution is 2.25. The van der Waals surface area contributed by atoms with E-state index in [1.165, 1.54) is 25.3 Å². The zero-order chi connectivity index (χ0) is 27.8. The maximum Gasteiger partial charge on any atom is 0.303 e. The van der Waals surface area contributed by atoms with Crippen molar-refractivity contribution in [3.05, 3.63) is 94.9 Å². The molecule has 0 aliphatic heterocycles. The highest BCUT2D eigenvalue weighted by atomic mass is 16.5. The number of aliphatic carboxylic acids is 1. The van der Waals surface area contributed by atoms with Crippen LogP contribution in [0.2, 0.25) is 0 Å². The molecule has 1 amide bonds. The minimum absolute atomic E-state index is 0.0449. The number of nitrogens with zero attached hydrogens (tertiary/aromatic N) is 1. The standard InChI is InChI=1S/C30H30N2O7/c1-19-26(32-30(39-19)21-6-4-3-5-7-21)14-15-38-24-11-8-20(9-13-28(34)35)22(16-24)18-31-29(36)25-17-23(33)10-12-27(25)37-2/h3-8,10-12,16-17,33H,9,13-15,18H2,1-2H3,(H,31,36)(H,34,35). The first-order chi connectivity index (χ1) is 18.8. The minimum atomic E-state index is -0.910. The summed E-state index contributed by atoms with van der Waals surface area (Å²) >= 11 is 0. The average Bonchev–Trinajstić information content (AvgIpc) is 3.31. The molecular weight excluding hydrogens is 500 g/mol. The van der Waals surface area contributed by atoms with Crippen LogP contribution in [0.5, 0.6) is 17.2 Å². The number of carbonyl (C=O) groups excluding carboxylic acids is 1. The highest BCUT2D eigenvalue weighted by molar-refractivity contribution is 5.97. The number of methoxy groups -OCH3 is 1. The van der Waals surface area contributed by atoms with Gasteiger partial charge < -0.3 is 29.4 Å². The van der Waals surface area contributed by atoms with Crippen molar-refractivity contribution in [1.82, 2.24) is 10.3 Å². The van der Waals surface area contributed by atoms with Gasteiger partial charge in [-0.1, -0.05) is 24.3 Å². The Morgan fingerprint density at radius 3 is 2.54 bits per heavy atom. The van der Waals surface area contributed by atoms with Crippen molar-refractivity contribution in [3.63, 3.8) is 0 Å². The van der Waals surface area contributed by atoms with E-state index in [4.69, 9.17) is 19.0 Å². The summed E-state index contributed by atoms with van der Waals surface area (Å²) in [6, 6.07) is 19.3. The van der Waals surface area contributed by atoms with E-state index in [2.05, 4.69) is 10.3 Å². The van der Waals surface area contributed by atoms with Crippen LogP contribution in [0.1, 0.15) is 39.4 Å². The molecule has 0 radical (unpaired) electrons. The SMILES string of the molecule is COc1ccc(O)cc1C(=O)NCc1cc(OCCc2nc(-c3ccccc3)oc2C)ccc1CCC(=O)O. The van der Waals surface area contributed by atoms with Gasteiger partial charge in [0.2, 0.25) is 5.89 Å². The van der Waals surface area contributed by atoms with Crippen LogP contribution < -0.4 is 14.8 Å². The van der Waals surface area contributed by atoms with Crippen molar-refractivity contribution in [2.24, 2.45) is 0 Å². The molecule has 0 saturated carbocycles. The number of ether oxygens (including phenoxy) is 2. The fraction of sp³-hybridized carbons (Fsp3) is 0.233. The third kappa shape index (κ3) is 7.16. The second-order valence-electron chi connectivity index (χ2n) is 8.88. The number of phenolic OH excluding ortho intramolecular Hbond substituents is 1. The number of rotatable bonds is 12. The van der Waals surface area contributed by atoms with Gasteiger partial charge in [0.15, 0.2) is 0 Å². The molecule has 9 nitrogen and oxygen atoms in total. The molecule has 3 N–H and O–H groups in total. The summed E-state index contributed by atoms with van der Waals surface area (Å²) in [5.74, 6) is 0.794. The number of phenols is 1. The van der Waals surface area contributed by atoms with Gasteiger partial charge >= 0.3 is 5.97 Å². The van der Waals surface area contributed by atoms with Gasteiger partial charge in [-0.05, 0) is 66.9 Å². The molecule has 0 atom stereocenters. The van der Waals surface area contributed by atoms with Crippen LogP contribution >= 0.6 is 0 Å². The fourth-order valence-corrected chi connectivity index (χ4v) is 4.12. The summed E-state index contributed by atoms with van der Waals surface area (Å²) < 4.78 is 17.0. The van der Waals surface area contributed by atoms with Gasteiger partial charge in [-0.15, -0.1) is 0 Å². The lowest BCUT2D eigenvalue weighted by Gasteiger charge is -2.14. The molecule has 3 aromatic carbocycles. The Morgan fingerprint density at radius 2 is 1.79 bits per heavy atom. The van der Waals surface area contributed by atoms with E-state index in [0.717, 1.165) is 28.1 Å². The number of aryl methyl sites for hydroxylation is 2. The molecule has 0 saturated heterocycles. The van der Waals surface area contributed by atoms with Crippen LogP contribution in [-0.2, 0) is 24.2 Å². The number of oxazole rings is 1. The van der Waals surface area contributed by atoms with Gasteiger partial charge in [-0.25, -0.2) is 4.98 Å². The molecule has 1 aromatic heterocycles. The zero-order valence-corrected chi connectivity index (χ0v) is 21.8. The van der Waals surface area contributed by atoms with E-state index in [1.807, 2.05) is 43.3 Å². The molecule has 202 valence electrons. The molecule has 0 unspecified atom stereocenters. The second-order valence-corrected chi connectivity index (χ2v) is 8.88. The third-order valence-corrected chi connectivity index (χ3v) is 6.17. The third-order valence-electron chi connectivity index (χ3n) is 6.17. The maximum atomic E-state index is 12.8. The lowest BCUT2D eigenvalue weighted by Crippen LogP contribution is -2.24. The van der Waals surface area contributed by atoms with Crippen LogP contribution in [0, 0.1) is 6.92 Å². The van der Waals surface area contributed by atoms with Crippen molar-refractivity contribution in [1.29, 1.82) is 0 Å². The zero-order valence-electron chi connectivity index (χ0n) is 21.8. The molecule has 4 aromatic rings. The summed E-state index contributed by atoms with van der Waals surface area (Å²) in [4.78, 5) is 28.6. The molecule has 4 rings (SSSR count). The molecule has 0 aliphatic rings. The fourth-order valence-electron chi connectivity index (χ4n) is 4.12. The number of hydrogen-bond donors (Lipinski definition) is 3. The largest absolute Gasteiger partial charge is 0.508 e. The summed E-state index contributed by atoms with van der Waals surface area (Å²) in [5.41, 5.74) is 3.41. The highest BCUT2D eigenvalue weighted by Gasteiger charge is 2.15. The number of aromatic hydroxyl groups is 1. The quantitative estimate of drug-likeness (QED) is 0.235. The van der Waals surface area contributed by atoms with Crippen molar-refractivity contribution in [2.75, 3.05) is 13.7 Å². The predicted molar refractivity (Wildman–Crippen MR) is 144 cm³/mol. The normalized spacial score (nSPS) is 10.7. The maximum absolute atomic E-state index is 12.8. The number of carboxylic acid groups (broad SMARTS) is 1. The number of hydrogen-bond acceptors (Lipinski definition) is 7. The van der Waals surface area contributed by atoms with Crippen LogP contribution in [0.15, 0.2) is 71.1 Å². The van der Waals surface area contributed by atoms with Crippen LogP contribution in [0.25, 0.3) is 11.5 Å². The van der Waals surface area contributed by atoms with Crippen molar-refractivity contribution < 1.29 is 33.7 Å². The van der Waals surface area contributed by atoms with Crippen molar-refractivity contribution in [3.8, 4) is 28.7 Å². The molecule has 1 heterocycles. The molecule has 0 aliphatic carbocycles. The number of benzene rings is 3. The van der Waals surface area contributed by atoms with Crippen LogP contribution in [0.3, 0.4) is 0 Å². The summed E-state index contributed by atoms with van der Waals surface area (Å²) in [6.45, 7) is 2.35. The first-order valence-corrected chi connectivity index (χ1v) is 12.5. The number of nitrogens with one attached hydrogen (secondary N) is 1.